The van der Waals surface area contributed by atoms with Gasteiger partial charge in [-0.05, 0) is 53.0 Å². The standard InChI is InChI=1S/C9H10BrClFN/c10-7-5-9(12)6(2-1-3-13)4-8(7)11/h4-5H,1-3,13H2. The summed E-state index contributed by atoms with van der Waals surface area (Å²) >= 11 is 8.97. The van der Waals surface area contributed by atoms with Crippen LogP contribution in [0.5, 0.6) is 0 Å². The Kier molecular flexibility index (Phi) is 4.16. The number of nitrogens with two attached hydrogens (primary N) is 1. The lowest BCUT2D eigenvalue weighted by Gasteiger charge is -2.04. The molecule has 0 unspecified atom stereocenters. The molecule has 0 atom stereocenters. The van der Waals surface area contributed by atoms with Crippen molar-refractivity contribution in [3.05, 3.63) is 33.0 Å². The Balaban J connectivity index is 2.88. The van der Waals surface area contributed by atoms with Crippen molar-refractivity contribution >= 4 is 27.5 Å². The van der Waals surface area contributed by atoms with Crippen LogP contribution in [0.4, 0.5) is 4.39 Å². The first-order chi connectivity index (χ1) is 6.15. The van der Waals surface area contributed by atoms with Crippen LogP contribution >= 0.6 is 27.5 Å². The second-order valence-electron chi connectivity index (χ2n) is 2.75. The fraction of sp³-hybridized carbons (Fsp3) is 0.333. The van der Waals surface area contributed by atoms with Crippen molar-refractivity contribution < 1.29 is 4.39 Å². The quantitative estimate of drug-likeness (QED) is 0.836. The number of benzene rings is 1. The molecule has 1 aromatic rings. The smallest absolute Gasteiger partial charge is 0.127 e. The molecule has 0 radical (unpaired) electrons. The van der Waals surface area contributed by atoms with Crippen molar-refractivity contribution in [3.8, 4) is 0 Å². The molecule has 0 aliphatic rings. The highest BCUT2D eigenvalue weighted by molar-refractivity contribution is 9.10. The minimum atomic E-state index is -0.232. The van der Waals surface area contributed by atoms with Gasteiger partial charge in [-0.15, -0.1) is 0 Å². The second-order valence-corrected chi connectivity index (χ2v) is 4.01. The first kappa shape index (κ1) is 11.0. The molecule has 1 aromatic carbocycles. The van der Waals surface area contributed by atoms with Gasteiger partial charge < -0.3 is 5.73 Å². The van der Waals surface area contributed by atoms with E-state index < -0.39 is 0 Å². The van der Waals surface area contributed by atoms with E-state index in [9.17, 15) is 4.39 Å². The lowest BCUT2D eigenvalue weighted by Crippen LogP contribution is -2.01. The van der Waals surface area contributed by atoms with Gasteiger partial charge in [0.05, 0.1) is 5.02 Å². The van der Waals surface area contributed by atoms with E-state index >= 15 is 0 Å². The molecule has 0 aromatic heterocycles. The Morgan fingerprint density at radius 1 is 1.46 bits per heavy atom. The van der Waals surface area contributed by atoms with Crippen LogP contribution in [-0.4, -0.2) is 6.54 Å². The third kappa shape index (κ3) is 2.93. The van der Waals surface area contributed by atoms with Crippen molar-refractivity contribution in [1.29, 1.82) is 0 Å². The number of aryl methyl sites for hydroxylation is 1. The third-order valence-corrected chi connectivity index (χ3v) is 2.94. The van der Waals surface area contributed by atoms with Crippen LogP contribution in [0.1, 0.15) is 12.0 Å². The van der Waals surface area contributed by atoms with Gasteiger partial charge >= 0.3 is 0 Å². The number of halogens is 3. The summed E-state index contributed by atoms with van der Waals surface area (Å²) in [5, 5.41) is 0.536. The normalized spacial score (nSPS) is 10.5. The van der Waals surface area contributed by atoms with E-state index in [4.69, 9.17) is 17.3 Å². The number of hydrogen-bond donors (Lipinski definition) is 1. The molecule has 13 heavy (non-hydrogen) atoms. The Labute approximate surface area is 90.2 Å². The molecule has 0 amide bonds. The highest BCUT2D eigenvalue weighted by atomic mass is 79.9. The lowest BCUT2D eigenvalue weighted by atomic mass is 10.1. The van der Waals surface area contributed by atoms with Gasteiger partial charge in [-0.1, -0.05) is 11.6 Å². The number of hydrogen-bond acceptors (Lipinski definition) is 1. The molecule has 0 spiro atoms. The highest BCUT2D eigenvalue weighted by Gasteiger charge is 2.05. The molecule has 0 saturated heterocycles. The Hall–Kier alpha value is -0.120. The van der Waals surface area contributed by atoms with Crippen LogP contribution in [0.25, 0.3) is 0 Å². The molecular formula is C9H10BrClFN. The van der Waals surface area contributed by atoms with Gasteiger partial charge in [-0.3, -0.25) is 0 Å². The van der Waals surface area contributed by atoms with Crippen LogP contribution in [0.2, 0.25) is 5.02 Å². The zero-order valence-electron chi connectivity index (χ0n) is 6.99. The van der Waals surface area contributed by atoms with Crippen LogP contribution in [0.15, 0.2) is 16.6 Å². The Bertz CT molecular complexity index is 304. The van der Waals surface area contributed by atoms with Crippen LogP contribution in [0.3, 0.4) is 0 Å². The van der Waals surface area contributed by atoms with Crippen molar-refractivity contribution in [1.82, 2.24) is 0 Å². The predicted molar refractivity (Wildman–Crippen MR) is 56.5 cm³/mol. The molecule has 0 aliphatic carbocycles. The van der Waals surface area contributed by atoms with Crippen molar-refractivity contribution in [2.45, 2.75) is 12.8 Å². The van der Waals surface area contributed by atoms with Crippen molar-refractivity contribution in [3.63, 3.8) is 0 Å². The van der Waals surface area contributed by atoms with Gasteiger partial charge in [-0.2, -0.15) is 0 Å². The maximum absolute atomic E-state index is 13.2. The molecule has 1 nitrogen and oxygen atoms in total. The summed E-state index contributed by atoms with van der Waals surface area (Å²) in [6, 6.07) is 3.02. The monoisotopic (exact) mass is 265 g/mol. The average molecular weight is 267 g/mol. The minimum absolute atomic E-state index is 0.232. The zero-order chi connectivity index (χ0) is 9.84. The lowest BCUT2D eigenvalue weighted by molar-refractivity contribution is 0.604. The third-order valence-electron chi connectivity index (χ3n) is 1.74. The molecule has 0 aliphatic heterocycles. The molecule has 0 bridgehead atoms. The summed E-state index contributed by atoms with van der Waals surface area (Å²) in [7, 11) is 0. The SMILES string of the molecule is NCCCc1cc(Cl)c(Br)cc1F. The van der Waals surface area contributed by atoms with Crippen LogP contribution in [-0.2, 0) is 6.42 Å². The summed E-state index contributed by atoms with van der Waals surface area (Å²) in [4.78, 5) is 0. The summed E-state index contributed by atoms with van der Waals surface area (Å²) in [6.07, 6.45) is 1.41. The molecule has 0 fully saturated rings. The van der Waals surface area contributed by atoms with E-state index in [1.165, 1.54) is 6.07 Å². The van der Waals surface area contributed by atoms with Crippen molar-refractivity contribution in [2.24, 2.45) is 5.73 Å². The molecule has 0 heterocycles. The van der Waals surface area contributed by atoms with Crippen LogP contribution in [0, 0.1) is 5.82 Å². The summed E-state index contributed by atoms with van der Waals surface area (Å²) in [5.74, 6) is -0.232. The fourth-order valence-electron chi connectivity index (χ4n) is 1.05. The Morgan fingerprint density at radius 3 is 2.77 bits per heavy atom. The highest BCUT2D eigenvalue weighted by Crippen LogP contribution is 2.26. The fourth-order valence-corrected chi connectivity index (χ4v) is 1.55. The minimum Gasteiger partial charge on any atom is -0.330 e. The topological polar surface area (TPSA) is 26.0 Å². The van der Waals surface area contributed by atoms with E-state index in [-0.39, 0.29) is 5.82 Å². The number of rotatable bonds is 3. The largest absolute Gasteiger partial charge is 0.330 e. The van der Waals surface area contributed by atoms with Crippen LogP contribution < -0.4 is 5.73 Å². The Morgan fingerprint density at radius 2 is 2.15 bits per heavy atom. The maximum atomic E-state index is 13.2. The van der Waals surface area contributed by atoms with E-state index in [1.807, 2.05) is 0 Å². The maximum Gasteiger partial charge on any atom is 0.127 e. The van der Waals surface area contributed by atoms with E-state index in [2.05, 4.69) is 15.9 Å². The summed E-state index contributed by atoms with van der Waals surface area (Å²) in [6.45, 7) is 0.563. The summed E-state index contributed by atoms with van der Waals surface area (Å²) < 4.78 is 13.8. The molecule has 2 N–H and O–H groups in total. The predicted octanol–water partition coefficient (Wildman–Crippen LogP) is 3.13. The molecule has 72 valence electrons. The summed E-state index contributed by atoms with van der Waals surface area (Å²) in [5.41, 5.74) is 5.95. The molecular weight excluding hydrogens is 256 g/mol. The van der Waals surface area contributed by atoms with Gasteiger partial charge in [0, 0.05) is 4.47 Å². The van der Waals surface area contributed by atoms with Crippen molar-refractivity contribution in [2.75, 3.05) is 6.54 Å². The first-order valence-corrected chi connectivity index (χ1v) is 5.15. The van der Waals surface area contributed by atoms with Gasteiger partial charge in [-0.25, -0.2) is 4.39 Å². The van der Waals surface area contributed by atoms with E-state index in [0.29, 0.717) is 28.0 Å². The van der Waals surface area contributed by atoms with E-state index in [1.54, 1.807) is 6.07 Å². The average Bonchev–Trinajstić information content (AvgIpc) is 2.09. The zero-order valence-corrected chi connectivity index (χ0v) is 9.33. The van der Waals surface area contributed by atoms with Gasteiger partial charge in [0.15, 0.2) is 0 Å². The molecule has 0 saturated carbocycles. The van der Waals surface area contributed by atoms with Gasteiger partial charge in [0.2, 0.25) is 0 Å². The van der Waals surface area contributed by atoms with E-state index in [0.717, 1.165) is 6.42 Å². The van der Waals surface area contributed by atoms with Gasteiger partial charge in [0.25, 0.3) is 0 Å². The van der Waals surface area contributed by atoms with Gasteiger partial charge in [0.1, 0.15) is 5.82 Å². The molecule has 4 heteroatoms. The second kappa shape index (κ2) is 4.94. The molecule has 1 rings (SSSR count). The first-order valence-electron chi connectivity index (χ1n) is 3.98.